The summed E-state index contributed by atoms with van der Waals surface area (Å²) in [6.45, 7) is 9.39. The van der Waals surface area contributed by atoms with E-state index in [1.165, 1.54) is 25.7 Å². The molecule has 120 valence electrons. The number of methoxy groups -OCH3 is 2. The molecule has 1 fully saturated rings. The highest BCUT2D eigenvalue weighted by Crippen LogP contribution is 2.27. The van der Waals surface area contributed by atoms with Crippen LogP contribution in [0.4, 0.5) is 0 Å². The fraction of sp³-hybridized carbons (Fsp3) is 1.00. The maximum absolute atomic E-state index is 5.32. The van der Waals surface area contributed by atoms with Crippen LogP contribution < -0.4 is 5.32 Å². The first kappa shape index (κ1) is 17.9. The lowest BCUT2D eigenvalue weighted by Crippen LogP contribution is -2.45. The van der Waals surface area contributed by atoms with Gasteiger partial charge in [-0.1, -0.05) is 13.3 Å². The summed E-state index contributed by atoms with van der Waals surface area (Å²) in [5.74, 6) is 0.776. The summed E-state index contributed by atoms with van der Waals surface area (Å²) in [6.07, 6.45) is 5.27. The van der Waals surface area contributed by atoms with Crippen LogP contribution >= 0.6 is 0 Å². The molecule has 1 rings (SSSR count). The third-order valence-electron chi connectivity index (χ3n) is 4.40. The third-order valence-corrected chi connectivity index (χ3v) is 4.40. The highest BCUT2D eigenvalue weighted by atomic mass is 16.5. The van der Waals surface area contributed by atoms with Crippen molar-refractivity contribution in [2.24, 2.45) is 5.92 Å². The molecule has 1 aliphatic rings. The molecule has 0 heterocycles. The van der Waals surface area contributed by atoms with Crippen molar-refractivity contribution in [3.63, 3.8) is 0 Å². The first-order chi connectivity index (χ1) is 9.72. The molecule has 4 heteroatoms. The minimum atomic E-state index is 0.461. The topological polar surface area (TPSA) is 33.7 Å². The van der Waals surface area contributed by atoms with E-state index >= 15 is 0 Å². The van der Waals surface area contributed by atoms with Gasteiger partial charge in [-0.05, 0) is 38.6 Å². The smallest absolute Gasteiger partial charge is 0.0615 e. The summed E-state index contributed by atoms with van der Waals surface area (Å²) < 4.78 is 10.6. The molecule has 20 heavy (non-hydrogen) atoms. The average Bonchev–Trinajstić information content (AvgIpc) is 2.88. The number of nitrogens with zero attached hydrogens (tertiary/aromatic N) is 1. The van der Waals surface area contributed by atoms with Gasteiger partial charge >= 0.3 is 0 Å². The Labute approximate surface area is 125 Å². The summed E-state index contributed by atoms with van der Waals surface area (Å²) >= 11 is 0. The van der Waals surface area contributed by atoms with Crippen LogP contribution in [0.5, 0.6) is 0 Å². The van der Waals surface area contributed by atoms with Crippen LogP contribution in [-0.4, -0.2) is 64.1 Å². The van der Waals surface area contributed by atoms with Crippen molar-refractivity contribution in [2.75, 3.05) is 47.1 Å². The zero-order chi connectivity index (χ0) is 14.8. The Balaban J connectivity index is 2.48. The van der Waals surface area contributed by atoms with E-state index in [9.17, 15) is 0 Å². The van der Waals surface area contributed by atoms with Crippen LogP contribution in [0.3, 0.4) is 0 Å². The maximum atomic E-state index is 5.32. The standard InChI is InChI=1S/C16H34N2O2/c1-5-9-17-16-8-6-7-15(16)12-18(10-11-19-3)14(2)13-20-4/h14-17H,5-13H2,1-4H3. The molecule has 1 aliphatic carbocycles. The van der Waals surface area contributed by atoms with Crippen molar-refractivity contribution in [1.29, 1.82) is 0 Å². The minimum absolute atomic E-state index is 0.461. The molecule has 1 saturated carbocycles. The third kappa shape index (κ3) is 6.08. The second-order valence-corrected chi connectivity index (χ2v) is 6.04. The highest BCUT2D eigenvalue weighted by Gasteiger charge is 2.29. The molecule has 0 bridgehead atoms. The van der Waals surface area contributed by atoms with E-state index in [1.54, 1.807) is 14.2 Å². The Morgan fingerprint density at radius 3 is 2.70 bits per heavy atom. The molecule has 0 aromatic heterocycles. The Bertz CT molecular complexity index is 239. The summed E-state index contributed by atoms with van der Waals surface area (Å²) in [6, 6.07) is 1.16. The zero-order valence-electron chi connectivity index (χ0n) is 13.9. The molecule has 0 radical (unpaired) electrons. The molecular weight excluding hydrogens is 252 g/mol. The molecule has 3 unspecified atom stereocenters. The van der Waals surface area contributed by atoms with E-state index in [2.05, 4.69) is 24.1 Å². The van der Waals surface area contributed by atoms with Crippen LogP contribution in [0.2, 0.25) is 0 Å². The normalized spacial score (nSPS) is 24.4. The molecule has 4 nitrogen and oxygen atoms in total. The minimum Gasteiger partial charge on any atom is -0.383 e. The first-order valence-electron chi connectivity index (χ1n) is 8.18. The lowest BCUT2D eigenvalue weighted by molar-refractivity contribution is 0.0625. The van der Waals surface area contributed by atoms with Crippen molar-refractivity contribution >= 4 is 0 Å². The molecule has 3 atom stereocenters. The van der Waals surface area contributed by atoms with E-state index in [1.807, 2.05) is 0 Å². The van der Waals surface area contributed by atoms with E-state index < -0.39 is 0 Å². The van der Waals surface area contributed by atoms with Crippen LogP contribution in [0.15, 0.2) is 0 Å². The van der Waals surface area contributed by atoms with Gasteiger partial charge in [0.2, 0.25) is 0 Å². The Morgan fingerprint density at radius 1 is 1.25 bits per heavy atom. The summed E-state index contributed by atoms with van der Waals surface area (Å²) in [5.41, 5.74) is 0. The Kier molecular flexibility index (Phi) is 9.44. The Hall–Kier alpha value is -0.160. The first-order valence-corrected chi connectivity index (χ1v) is 8.18. The molecule has 0 amide bonds. The summed E-state index contributed by atoms with van der Waals surface area (Å²) in [7, 11) is 3.56. The molecule has 0 aliphatic heterocycles. The van der Waals surface area contributed by atoms with E-state index in [0.717, 1.165) is 38.8 Å². The number of ether oxygens (including phenoxy) is 2. The molecular formula is C16H34N2O2. The van der Waals surface area contributed by atoms with Crippen molar-refractivity contribution < 1.29 is 9.47 Å². The van der Waals surface area contributed by atoms with Crippen molar-refractivity contribution in [3.05, 3.63) is 0 Å². The zero-order valence-corrected chi connectivity index (χ0v) is 13.9. The van der Waals surface area contributed by atoms with Crippen LogP contribution in [0, 0.1) is 5.92 Å². The predicted octanol–water partition coefficient (Wildman–Crippen LogP) is 2.14. The molecule has 0 aromatic rings. The van der Waals surface area contributed by atoms with Gasteiger partial charge in [-0.15, -0.1) is 0 Å². The monoisotopic (exact) mass is 286 g/mol. The SMILES string of the molecule is CCCNC1CCCC1CN(CCOC)C(C)COC. The molecule has 1 N–H and O–H groups in total. The lowest BCUT2D eigenvalue weighted by Gasteiger charge is -2.33. The average molecular weight is 286 g/mol. The van der Waals surface area contributed by atoms with E-state index in [0.29, 0.717) is 12.1 Å². The molecule has 0 aromatic carbocycles. The Morgan fingerprint density at radius 2 is 2.05 bits per heavy atom. The summed E-state index contributed by atoms with van der Waals surface area (Å²) in [5, 5.41) is 3.72. The van der Waals surface area contributed by atoms with Gasteiger partial charge in [0.15, 0.2) is 0 Å². The number of hydrogen-bond acceptors (Lipinski definition) is 4. The van der Waals surface area contributed by atoms with Crippen molar-refractivity contribution in [2.45, 2.75) is 51.6 Å². The van der Waals surface area contributed by atoms with Gasteiger partial charge in [0.1, 0.15) is 0 Å². The van der Waals surface area contributed by atoms with Gasteiger partial charge in [0, 0.05) is 39.4 Å². The number of rotatable bonds is 11. The number of hydrogen-bond donors (Lipinski definition) is 1. The fourth-order valence-electron chi connectivity index (χ4n) is 3.20. The van der Waals surface area contributed by atoms with Crippen molar-refractivity contribution in [1.82, 2.24) is 10.2 Å². The predicted molar refractivity (Wildman–Crippen MR) is 84.2 cm³/mol. The van der Waals surface area contributed by atoms with Gasteiger partial charge in [-0.3, -0.25) is 4.90 Å². The van der Waals surface area contributed by atoms with Crippen molar-refractivity contribution in [3.8, 4) is 0 Å². The van der Waals surface area contributed by atoms with Gasteiger partial charge in [0.25, 0.3) is 0 Å². The van der Waals surface area contributed by atoms with Crippen LogP contribution in [0.25, 0.3) is 0 Å². The second kappa shape index (κ2) is 10.6. The van der Waals surface area contributed by atoms with Gasteiger partial charge in [-0.25, -0.2) is 0 Å². The summed E-state index contributed by atoms with van der Waals surface area (Å²) in [4.78, 5) is 2.53. The molecule has 0 saturated heterocycles. The van der Waals surface area contributed by atoms with E-state index in [-0.39, 0.29) is 0 Å². The van der Waals surface area contributed by atoms with Crippen LogP contribution in [0.1, 0.15) is 39.5 Å². The van der Waals surface area contributed by atoms with E-state index in [4.69, 9.17) is 9.47 Å². The fourth-order valence-corrected chi connectivity index (χ4v) is 3.20. The number of nitrogens with one attached hydrogen (secondary N) is 1. The maximum Gasteiger partial charge on any atom is 0.0615 e. The lowest BCUT2D eigenvalue weighted by atomic mass is 10.0. The van der Waals surface area contributed by atoms with Gasteiger partial charge < -0.3 is 14.8 Å². The second-order valence-electron chi connectivity index (χ2n) is 6.04. The molecule has 0 spiro atoms. The van der Waals surface area contributed by atoms with Crippen LogP contribution in [-0.2, 0) is 9.47 Å². The highest BCUT2D eigenvalue weighted by molar-refractivity contribution is 4.86. The van der Waals surface area contributed by atoms with Gasteiger partial charge in [0.05, 0.1) is 13.2 Å². The van der Waals surface area contributed by atoms with Gasteiger partial charge in [-0.2, -0.15) is 0 Å². The largest absolute Gasteiger partial charge is 0.383 e. The quantitative estimate of drug-likeness (QED) is 0.631.